The Morgan fingerprint density at radius 3 is 2.00 bits per heavy atom. The third kappa shape index (κ3) is 13.6. The summed E-state index contributed by atoms with van der Waals surface area (Å²) in [7, 11) is 0. The van der Waals surface area contributed by atoms with Crippen LogP contribution in [-0.2, 0) is 18.6 Å². The smallest absolute Gasteiger partial charge is 0.0294 e. The van der Waals surface area contributed by atoms with Crippen LogP contribution >= 0.6 is 0 Å². The summed E-state index contributed by atoms with van der Waals surface area (Å²) in [6.45, 7) is 4.62. The second-order valence-corrected chi connectivity index (χ2v) is 0.418. The molecule has 0 spiro atoms. The molecular formula is C3H5OV-. The van der Waals surface area contributed by atoms with Crippen molar-refractivity contribution in [2.45, 2.75) is 0 Å². The van der Waals surface area contributed by atoms with Gasteiger partial charge in [0.2, 0.25) is 0 Å². The molecule has 1 nitrogen and oxygen atoms in total. The monoisotopic (exact) mass is 108 g/mol. The van der Waals surface area contributed by atoms with Crippen LogP contribution in [0.15, 0.2) is 6.08 Å². The summed E-state index contributed by atoms with van der Waals surface area (Å²) in [5.41, 5.74) is 0. The van der Waals surface area contributed by atoms with Crippen molar-refractivity contribution < 1.29 is 23.7 Å². The fraction of sp³-hybridized carbons (Fsp3) is 0.333. The van der Waals surface area contributed by atoms with Gasteiger partial charge in [0.25, 0.3) is 0 Å². The maximum atomic E-state index is 7.69. The number of aliphatic hydroxyl groups excluding tert-OH is 1. The van der Waals surface area contributed by atoms with E-state index in [2.05, 4.69) is 6.58 Å². The number of hydrogen-bond acceptors (Lipinski definition) is 1. The minimum absolute atomic E-state index is 0. The van der Waals surface area contributed by atoms with Gasteiger partial charge >= 0.3 is 0 Å². The van der Waals surface area contributed by atoms with Crippen LogP contribution in [0.25, 0.3) is 0 Å². The first-order valence-corrected chi connectivity index (χ1v) is 1.06. The summed E-state index contributed by atoms with van der Waals surface area (Å²) in [6.07, 6.45) is 1.18. The van der Waals surface area contributed by atoms with Crippen LogP contribution in [0.2, 0.25) is 0 Å². The molecule has 0 unspecified atom stereocenters. The molecule has 0 aliphatic rings. The Labute approximate surface area is 43.6 Å². The zero-order valence-electron chi connectivity index (χ0n) is 2.76. The molecule has 5 heavy (non-hydrogen) atoms. The van der Waals surface area contributed by atoms with Gasteiger partial charge < -0.3 is 11.7 Å². The molecule has 29 valence electrons. The van der Waals surface area contributed by atoms with E-state index < -0.39 is 0 Å². The maximum absolute atomic E-state index is 7.69. The van der Waals surface area contributed by atoms with E-state index in [0.29, 0.717) is 0 Å². The van der Waals surface area contributed by atoms with E-state index >= 15 is 0 Å². The van der Waals surface area contributed by atoms with E-state index in [0.717, 1.165) is 0 Å². The fourth-order valence-electron chi connectivity index (χ4n) is 0. The molecule has 0 fully saturated rings. The third-order valence-electron chi connectivity index (χ3n) is 0.105. The molecule has 0 aliphatic carbocycles. The van der Waals surface area contributed by atoms with Gasteiger partial charge in [0, 0.05) is 25.2 Å². The van der Waals surface area contributed by atoms with Gasteiger partial charge in [0.15, 0.2) is 0 Å². The van der Waals surface area contributed by atoms with Crippen molar-refractivity contribution in [3.8, 4) is 0 Å². The van der Waals surface area contributed by atoms with E-state index in [1.807, 2.05) is 0 Å². The van der Waals surface area contributed by atoms with Crippen LogP contribution in [0.4, 0.5) is 0 Å². The van der Waals surface area contributed by atoms with Crippen LogP contribution in [0.5, 0.6) is 0 Å². The summed E-state index contributed by atoms with van der Waals surface area (Å²) >= 11 is 0. The molecular weight excluding hydrogens is 103 g/mol. The van der Waals surface area contributed by atoms with Crippen molar-refractivity contribution in [3.05, 3.63) is 12.7 Å². The Kier molecular flexibility index (Phi) is 15.9. The third-order valence-corrected chi connectivity index (χ3v) is 0.105. The quantitative estimate of drug-likeness (QED) is 0.467. The molecule has 2 heteroatoms. The SMILES string of the molecule is [CH-]=CCO.[V]. The second kappa shape index (κ2) is 8.86. The Morgan fingerprint density at radius 1 is 1.80 bits per heavy atom. The van der Waals surface area contributed by atoms with Crippen molar-refractivity contribution in [2.24, 2.45) is 0 Å². The van der Waals surface area contributed by atoms with Gasteiger partial charge in [-0.25, -0.2) is 6.08 Å². The van der Waals surface area contributed by atoms with Crippen LogP contribution < -0.4 is 0 Å². The van der Waals surface area contributed by atoms with E-state index in [1.54, 1.807) is 0 Å². The molecule has 0 rings (SSSR count). The predicted octanol–water partition coefficient (Wildman–Crippen LogP) is -0.0346. The van der Waals surface area contributed by atoms with Gasteiger partial charge in [-0.15, -0.1) is 0 Å². The Hall–Kier alpha value is 0.284. The average Bonchev–Trinajstić information content (AvgIpc) is 1.37. The summed E-state index contributed by atoms with van der Waals surface area (Å²) < 4.78 is 0. The second-order valence-electron chi connectivity index (χ2n) is 0.418. The largest absolute Gasteiger partial charge is 0.516 e. The molecule has 0 heterocycles. The van der Waals surface area contributed by atoms with Crippen molar-refractivity contribution in [1.82, 2.24) is 0 Å². The van der Waals surface area contributed by atoms with Crippen LogP contribution in [0.3, 0.4) is 0 Å². The number of hydrogen-bond donors (Lipinski definition) is 1. The number of rotatable bonds is 1. The van der Waals surface area contributed by atoms with Gasteiger partial charge in [-0.2, -0.15) is 0 Å². The molecule has 0 aromatic rings. The standard InChI is InChI=1S/C3H5O.V/c1-2-3-4;/h1-2,4H,3H2;/q-1;. The summed E-state index contributed by atoms with van der Waals surface area (Å²) in [4.78, 5) is 0. The normalized spacial score (nSPS) is 5.00. The van der Waals surface area contributed by atoms with Gasteiger partial charge in [0.05, 0.1) is 0 Å². The molecule has 0 amide bonds. The molecule has 1 N–H and O–H groups in total. The minimum atomic E-state index is -0.0278. The van der Waals surface area contributed by atoms with Gasteiger partial charge in [-0.3, -0.25) is 0 Å². The number of aliphatic hydroxyl groups is 1. The van der Waals surface area contributed by atoms with Crippen molar-refractivity contribution in [2.75, 3.05) is 6.61 Å². The van der Waals surface area contributed by atoms with Crippen LogP contribution in [-0.4, -0.2) is 11.7 Å². The predicted molar refractivity (Wildman–Crippen MR) is 16.0 cm³/mol. The Bertz CT molecular complexity index is 20.9. The topological polar surface area (TPSA) is 20.2 Å². The van der Waals surface area contributed by atoms with E-state index in [1.165, 1.54) is 6.08 Å². The van der Waals surface area contributed by atoms with Crippen molar-refractivity contribution in [3.63, 3.8) is 0 Å². The maximum Gasteiger partial charge on any atom is 0.0294 e. The first-order chi connectivity index (χ1) is 1.91. The molecule has 1 radical (unpaired) electrons. The van der Waals surface area contributed by atoms with Gasteiger partial charge in [-0.1, -0.05) is 0 Å². The zero-order valence-corrected chi connectivity index (χ0v) is 4.15. The minimum Gasteiger partial charge on any atom is -0.516 e. The molecule has 0 saturated heterocycles. The fourth-order valence-corrected chi connectivity index (χ4v) is 0. The Balaban J connectivity index is 0. The Morgan fingerprint density at radius 2 is 2.00 bits per heavy atom. The van der Waals surface area contributed by atoms with Crippen LogP contribution in [0.1, 0.15) is 0 Å². The van der Waals surface area contributed by atoms with Gasteiger partial charge in [-0.05, 0) is 0 Å². The first-order valence-electron chi connectivity index (χ1n) is 1.06. The van der Waals surface area contributed by atoms with Crippen LogP contribution in [0, 0.1) is 6.58 Å². The van der Waals surface area contributed by atoms with E-state index in [4.69, 9.17) is 5.11 Å². The first kappa shape index (κ1) is 8.99. The van der Waals surface area contributed by atoms with Gasteiger partial charge in [0.1, 0.15) is 0 Å². The molecule has 0 aromatic carbocycles. The molecule has 0 saturated carbocycles. The average molecular weight is 108 g/mol. The van der Waals surface area contributed by atoms with E-state index in [9.17, 15) is 0 Å². The molecule has 0 aliphatic heterocycles. The summed E-state index contributed by atoms with van der Waals surface area (Å²) in [5, 5.41) is 7.69. The summed E-state index contributed by atoms with van der Waals surface area (Å²) in [6, 6.07) is 0. The van der Waals surface area contributed by atoms with Crippen molar-refractivity contribution >= 4 is 0 Å². The summed E-state index contributed by atoms with van der Waals surface area (Å²) in [5.74, 6) is 0. The molecule has 0 atom stereocenters. The van der Waals surface area contributed by atoms with Crippen molar-refractivity contribution in [1.29, 1.82) is 0 Å². The van der Waals surface area contributed by atoms with E-state index in [-0.39, 0.29) is 25.2 Å². The molecule has 0 aromatic heterocycles. The molecule has 0 bridgehead atoms. The zero-order chi connectivity index (χ0) is 3.41.